The third-order valence-corrected chi connectivity index (χ3v) is 6.05. The highest BCUT2D eigenvalue weighted by atomic mass is 16.3. The van der Waals surface area contributed by atoms with Crippen molar-refractivity contribution in [1.29, 1.82) is 0 Å². The van der Waals surface area contributed by atoms with E-state index < -0.39 is 28.9 Å². The number of hydrogen-bond donors (Lipinski definition) is 1. The second-order valence-corrected chi connectivity index (χ2v) is 8.54. The molecule has 1 spiro atoms. The number of hydrogen-bond acceptors (Lipinski definition) is 5. The summed E-state index contributed by atoms with van der Waals surface area (Å²) in [6.07, 6.45) is 0.681. The molecule has 0 saturated carbocycles. The number of anilines is 1. The van der Waals surface area contributed by atoms with E-state index in [0.29, 0.717) is 36.5 Å². The van der Waals surface area contributed by atoms with E-state index in [1.807, 2.05) is 21.0 Å². The number of quaternary nitrogens is 1. The van der Waals surface area contributed by atoms with Gasteiger partial charge in [-0.05, 0) is 37.3 Å². The maximum Gasteiger partial charge on any atom is 0.262 e. The van der Waals surface area contributed by atoms with E-state index in [0.717, 1.165) is 4.90 Å². The van der Waals surface area contributed by atoms with E-state index in [1.54, 1.807) is 42.2 Å². The molecule has 2 aliphatic heterocycles. The molecule has 0 saturated heterocycles. The fraction of sp³-hybridized carbons (Fsp3) is 0.375. The van der Waals surface area contributed by atoms with Gasteiger partial charge in [0.25, 0.3) is 5.91 Å². The van der Waals surface area contributed by atoms with Crippen LogP contribution in [0.3, 0.4) is 0 Å². The smallest absolute Gasteiger partial charge is 0.262 e. The number of nitrogens with one attached hydrogen (secondary N) is 1. The number of benzene rings is 1. The second-order valence-electron chi connectivity index (χ2n) is 8.54. The van der Waals surface area contributed by atoms with Crippen molar-refractivity contribution in [3.8, 4) is 0 Å². The molecule has 2 aliphatic rings. The number of nitrogens with zero attached hydrogens (tertiary/aromatic N) is 2. The second kappa shape index (κ2) is 7.94. The summed E-state index contributed by atoms with van der Waals surface area (Å²) in [5.41, 5.74) is -1.03. The molecular formula is C24H27N3O5. The van der Waals surface area contributed by atoms with E-state index in [9.17, 15) is 19.5 Å². The van der Waals surface area contributed by atoms with Gasteiger partial charge in [0.15, 0.2) is 11.3 Å². The molecule has 2 aromatic rings. The largest absolute Gasteiger partial charge is 0.868 e. The Balaban J connectivity index is 1.98. The molecule has 2 amide bonds. The average Bonchev–Trinajstić information content (AvgIpc) is 3.36. The van der Waals surface area contributed by atoms with Crippen LogP contribution in [0.5, 0.6) is 0 Å². The van der Waals surface area contributed by atoms with Crippen molar-refractivity contribution < 1.29 is 28.8 Å². The third kappa shape index (κ3) is 2.97. The molecule has 0 fully saturated rings. The van der Waals surface area contributed by atoms with Gasteiger partial charge in [-0.2, -0.15) is 0 Å². The summed E-state index contributed by atoms with van der Waals surface area (Å²) >= 11 is 0. The molecule has 8 nitrogen and oxygen atoms in total. The first-order chi connectivity index (χ1) is 15.2. The van der Waals surface area contributed by atoms with Crippen LogP contribution in [0.15, 0.2) is 52.1 Å². The molecule has 1 aromatic heterocycles. The Morgan fingerprint density at radius 1 is 1.12 bits per heavy atom. The number of aryl methyl sites for hydroxylation is 1. The summed E-state index contributed by atoms with van der Waals surface area (Å²) in [4.78, 5) is 44.8. The SMILES string of the molecule is CCCN1C(=O)C2(C(C(=O)c3ccc(C)o3)=C([O-])C(=O)N2CC[NH+](C)C)c2ccccc21. The lowest BCUT2D eigenvalue weighted by Gasteiger charge is -2.36. The Hall–Kier alpha value is -3.39. The highest BCUT2D eigenvalue weighted by molar-refractivity contribution is 6.25. The minimum Gasteiger partial charge on any atom is -0.868 e. The van der Waals surface area contributed by atoms with Crippen LogP contribution in [0.25, 0.3) is 0 Å². The summed E-state index contributed by atoms with van der Waals surface area (Å²) in [5, 5.41) is 13.3. The van der Waals surface area contributed by atoms with Crippen LogP contribution in [0.1, 0.15) is 35.2 Å². The van der Waals surface area contributed by atoms with Gasteiger partial charge in [0.2, 0.25) is 11.7 Å². The minimum atomic E-state index is -1.78. The molecule has 1 N–H and O–H groups in total. The van der Waals surface area contributed by atoms with E-state index in [-0.39, 0.29) is 17.9 Å². The van der Waals surface area contributed by atoms with Gasteiger partial charge in [-0.15, -0.1) is 0 Å². The van der Waals surface area contributed by atoms with Crippen LogP contribution >= 0.6 is 0 Å². The fourth-order valence-electron chi connectivity index (χ4n) is 4.62. The van der Waals surface area contributed by atoms with Gasteiger partial charge in [-0.1, -0.05) is 25.1 Å². The number of rotatable bonds is 7. The minimum absolute atomic E-state index is 0.0580. The molecule has 0 radical (unpaired) electrons. The number of para-hydroxylation sites is 1. The van der Waals surface area contributed by atoms with Gasteiger partial charge < -0.3 is 24.2 Å². The highest BCUT2D eigenvalue weighted by Crippen LogP contribution is 2.52. The average molecular weight is 437 g/mol. The van der Waals surface area contributed by atoms with Crippen LogP contribution < -0.4 is 14.9 Å². The van der Waals surface area contributed by atoms with Crippen LogP contribution in [-0.4, -0.2) is 56.2 Å². The van der Waals surface area contributed by atoms with Gasteiger partial charge in [-0.3, -0.25) is 14.4 Å². The number of amides is 2. The lowest BCUT2D eigenvalue weighted by Crippen LogP contribution is -3.06. The van der Waals surface area contributed by atoms with Crippen molar-refractivity contribution in [3.05, 3.63) is 64.8 Å². The molecule has 4 rings (SSSR count). The van der Waals surface area contributed by atoms with E-state index >= 15 is 0 Å². The highest BCUT2D eigenvalue weighted by Gasteiger charge is 2.63. The van der Waals surface area contributed by atoms with E-state index in [1.165, 1.54) is 11.0 Å². The predicted molar refractivity (Wildman–Crippen MR) is 115 cm³/mol. The summed E-state index contributed by atoms with van der Waals surface area (Å²) in [5.74, 6) is -2.51. The topological polar surface area (TPSA) is 98.3 Å². The van der Waals surface area contributed by atoms with Crippen molar-refractivity contribution >= 4 is 23.3 Å². The zero-order chi connectivity index (χ0) is 23.2. The van der Waals surface area contributed by atoms with Crippen LogP contribution in [-0.2, 0) is 15.1 Å². The summed E-state index contributed by atoms with van der Waals surface area (Å²) in [6, 6.07) is 10.2. The molecule has 1 aromatic carbocycles. The summed E-state index contributed by atoms with van der Waals surface area (Å²) < 4.78 is 5.49. The molecule has 8 heteroatoms. The molecule has 32 heavy (non-hydrogen) atoms. The van der Waals surface area contributed by atoms with E-state index in [4.69, 9.17) is 4.42 Å². The molecule has 0 bridgehead atoms. The Kier molecular flexibility index (Phi) is 5.42. The number of fused-ring (bicyclic) bond motifs is 2. The van der Waals surface area contributed by atoms with Gasteiger partial charge in [0.1, 0.15) is 5.76 Å². The lowest BCUT2D eigenvalue weighted by atomic mass is 9.81. The molecule has 168 valence electrons. The van der Waals surface area contributed by atoms with Crippen LogP contribution in [0.4, 0.5) is 5.69 Å². The number of likely N-dealkylation sites (N-methyl/N-ethyl adjacent to an activating group) is 1. The van der Waals surface area contributed by atoms with Crippen molar-refractivity contribution in [1.82, 2.24) is 4.90 Å². The predicted octanol–water partition coefficient (Wildman–Crippen LogP) is 0.0239. The van der Waals surface area contributed by atoms with Gasteiger partial charge in [0, 0.05) is 17.7 Å². The van der Waals surface area contributed by atoms with Crippen molar-refractivity contribution in [2.24, 2.45) is 0 Å². The Labute approximate surface area is 186 Å². The third-order valence-electron chi connectivity index (χ3n) is 6.05. The van der Waals surface area contributed by atoms with E-state index in [2.05, 4.69) is 0 Å². The molecule has 1 unspecified atom stereocenters. The molecule has 1 atom stereocenters. The first-order valence-corrected chi connectivity index (χ1v) is 10.8. The lowest BCUT2D eigenvalue weighted by molar-refractivity contribution is -0.857. The van der Waals surface area contributed by atoms with Crippen molar-refractivity contribution in [3.63, 3.8) is 0 Å². The van der Waals surface area contributed by atoms with Crippen LogP contribution in [0, 0.1) is 6.92 Å². The summed E-state index contributed by atoms with van der Waals surface area (Å²) in [7, 11) is 3.84. The van der Waals surface area contributed by atoms with Gasteiger partial charge in [-0.25, -0.2) is 0 Å². The maximum atomic E-state index is 14.0. The normalized spacial score (nSPS) is 20.3. The number of carbonyl (C=O) groups excluding carboxylic acids is 3. The monoisotopic (exact) mass is 437 g/mol. The number of furan rings is 1. The quantitative estimate of drug-likeness (QED) is 0.616. The molecule has 3 heterocycles. The maximum absolute atomic E-state index is 14.0. The Morgan fingerprint density at radius 2 is 1.84 bits per heavy atom. The van der Waals surface area contributed by atoms with Crippen molar-refractivity contribution in [2.75, 3.05) is 38.6 Å². The first kappa shape index (κ1) is 21.8. The van der Waals surface area contributed by atoms with Crippen LogP contribution in [0.2, 0.25) is 0 Å². The molecule has 0 aliphatic carbocycles. The molecular weight excluding hydrogens is 410 g/mol. The first-order valence-electron chi connectivity index (χ1n) is 10.8. The fourth-order valence-corrected chi connectivity index (χ4v) is 4.62. The van der Waals surface area contributed by atoms with Gasteiger partial charge in [0.05, 0.1) is 32.9 Å². The number of ketones is 1. The number of Topliss-reactive ketones (excluding diaryl/α,β-unsaturated/α-hetero) is 1. The standard InChI is InChI=1S/C24H27N3O5/c1-5-12-26-17-9-7-6-8-16(17)24(23(26)31)19(20(28)18-11-10-15(2)32-18)21(29)22(30)27(24)14-13-25(3)4/h6-11,29H,5,12-14H2,1-4H3. The zero-order valence-electron chi connectivity index (χ0n) is 18.7. The zero-order valence-corrected chi connectivity index (χ0v) is 18.7. The Morgan fingerprint density at radius 3 is 2.47 bits per heavy atom. The number of carbonyl (C=O) groups is 3. The summed E-state index contributed by atoms with van der Waals surface area (Å²) in [6.45, 7) is 4.70. The van der Waals surface area contributed by atoms with Gasteiger partial charge >= 0.3 is 0 Å². The van der Waals surface area contributed by atoms with Crippen molar-refractivity contribution in [2.45, 2.75) is 25.8 Å². The Bertz CT molecular complexity index is 1130.